The van der Waals surface area contributed by atoms with Crippen LogP contribution in [0.3, 0.4) is 0 Å². The molecule has 0 radical (unpaired) electrons. The maximum absolute atomic E-state index is 13.7. The number of nitrogens with zero attached hydrogens (tertiary/aromatic N) is 4. The Morgan fingerprint density at radius 1 is 0.417 bits per heavy atom. The minimum Gasteiger partial charge on any atom is -0.464 e. The van der Waals surface area contributed by atoms with Gasteiger partial charge in [0.05, 0.1) is 0 Å². The number of esters is 3. The van der Waals surface area contributed by atoms with Crippen LogP contribution in [0, 0.1) is 28.6 Å². The third kappa shape index (κ3) is 24.1. The van der Waals surface area contributed by atoms with Crippen LogP contribution < -0.4 is 21.3 Å². The molecule has 0 bridgehead atoms. The number of terminal acetylenes is 1. The highest BCUT2D eigenvalue weighted by molar-refractivity contribution is 5.82. The summed E-state index contributed by atoms with van der Waals surface area (Å²) in [5, 5.41) is 10.2. The quantitative estimate of drug-likeness (QED) is 0.0437. The monoisotopic (exact) mass is 860 g/mol. The highest BCUT2D eigenvalue weighted by atomic mass is 16.6. The summed E-state index contributed by atoms with van der Waals surface area (Å²) in [5.74, 6) is -0.981. The minimum absolute atomic E-state index is 0.236. The predicted octanol–water partition coefficient (Wildman–Crippen LogP) is -0.581. The van der Waals surface area contributed by atoms with Gasteiger partial charge in [-0.2, -0.15) is 0 Å². The van der Waals surface area contributed by atoms with Gasteiger partial charge < -0.3 is 74.0 Å². The lowest BCUT2D eigenvalue weighted by molar-refractivity contribution is -0.178. The van der Waals surface area contributed by atoms with Gasteiger partial charge in [0.2, 0.25) is 0 Å². The number of carbonyl (C=O) groups excluding carboxylic acids is 7. The summed E-state index contributed by atoms with van der Waals surface area (Å²) in [6, 6.07) is 0. The van der Waals surface area contributed by atoms with Crippen LogP contribution in [0.15, 0.2) is 0 Å². The number of carbonyl (C=O) groups is 7. The molecule has 0 aromatic carbocycles. The molecule has 0 fully saturated rings. The lowest BCUT2D eigenvalue weighted by Crippen LogP contribution is -2.47. The van der Waals surface area contributed by atoms with Crippen molar-refractivity contribution in [3.63, 3.8) is 0 Å². The Morgan fingerprint density at radius 2 is 0.633 bits per heavy atom. The number of ether oxygens (including phenoxy) is 7. The highest BCUT2D eigenvalue weighted by Gasteiger charge is 2.45. The van der Waals surface area contributed by atoms with Crippen molar-refractivity contribution in [2.24, 2.45) is 16.2 Å². The van der Waals surface area contributed by atoms with Crippen LogP contribution in [0.2, 0.25) is 0 Å². The van der Waals surface area contributed by atoms with Crippen LogP contribution in [0.5, 0.6) is 0 Å². The van der Waals surface area contributed by atoms with Crippen LogP contribution >= 0.6 is 0 Å². The van der Waals surface area contributed by atoms with Crippen molar-refractivity contribution < 1.29 is 66.7 Å². The van der Waals surface area contributed by atoms with E-state index in [1.807, 2.05) is 76.0 Å². The molecule has 0 saturated carbocycles. The molecule has 344 valence electrons. The summed E-state index contributed by atoms with van der Waals surface area (Å²) in [5.41, 5.74) is -5.51. The third-order valence-corrected chi connectivity index (χ3v) is 8.21. The summed E-state index contributed by atoms with van der Waals surface area (Å²) in [4.78, 5) is 98.0. The van der Waals surface area contributed by atoms with E-state index in [1.54, 1.807) is 0 Å². The summed E-state index contributed by atoms with van der Waals surface area (Å²) >= 11 is 0. The van der Waals surface area contributed by atoms with Crippen LogP contribution in [-0.4, -0.2) is 217 Å². The second kappa shape index (κ2) is 28.4. The van der Waals surface area contributed by atoms with E-state index >= 15 is 0 Å². The largest absolute Gasteiger partial charge is 0.464 e. The van der Waals surface area contributed by atoms with E-state index in [9.17, 15) is 33.6 Å². The highest BCUT2D eigenvalue weighted by Crippen LogP contribution is 2.27. The van der Waals surface area contributed by atoms with Gasteiger partial charge in [0.1, 0.15) is 55.9 Å². The molecule has 4 amide bonds. The standard InChI is InChI=1S/C38H68N8O14/c1-13-22-54-29(47)36(2,23-55-30(48)37(3,25-57-32(50)39-14-18-43(5)6)26-58-33(51)40-15-19-44(7)8)24-56-31(49)38(4,27-59-34(52)41-16-20-45(9)10)28-60-35(53)42-17-21-46(11)12/h1H,14-28H2,2-12H3,(H,39,50)(H,40,51)(H,41,52)(H,42,53). The van der Waals surface area contributed by atoms with Gasteiger partial charge in [0.15, 0.2) is 6.61 Å². The third-order valence-electron chi connectivity index (χ3n) is 8.21. The van der Waals surface area contributed by atoms with Gasteiger partial charge in [-0.05, 0) is 77.2 Å². The molecule has 22 heteroatoms. The molecular weight excluding hydrogens is 792 g/mol. The van der Waals surface area contributed by atoms with Gasteiger partial charge in [-0.15, -0.1) is 6.42 Å². The molecule has 0 rings (SSSR count). The van der Waals surface area contributed by atoms with Crippen LogP contribution in [-0.2, 0) is 47.5 Å². The fraction of sp³-hybridized carbons (Fsp3) is 0.763. The number of rotatable bonds is 28. The molecule has 60 heavy (non-hydrogen) atoms. The molecule has 0 aliphatic heterocycles. The van der Waals surface area contributed by atoms with E-state index in [0.29, 0.717) is 26.2 Å². The summed E-state index contributed by atoms with van der Waals surface area (Å²) in [6.45, 7) is 2.41. The maximum Gasteiger partial charge on any atom is 0.407 e. The summed E-state index contributed by atoms with van der Waals surface area (Å²) in [6.07, 6.45) is 1.89. The second-order valence-electron chi connectivity index (χ2n) is 15.8. The number of nitrogens with one attached hydrogen (secondary N) is 4. The Bertz CT molecular complexity index is 1270. The molecule has 0 aliphatic carbocycles. The number of alkyl carbamates (subject to hydrolysis) is 4. The van der Waals surface area contributed by atoms with Crippen molar-refractivity contribution in [2.75, 3.05) is 155 Å². The zero-order chi connectivity index (χ0) is 45.9. The Labute approximate surface area is 353 Å². The van der Waals surface area contributed by atoms with Crippen molar-refractivity contribution >= 4 is 42.3 Å². The molecule has 0 spiro atoms. The molecule has 4 N–H and O–H groups in total. The molecular formula is C38H68N8O14. The van der Waals surface area contributed by atoms with E-state index in [4.69, 9.17) is 39.6 Å². The first kappa shape index (κ1) is 54.9. The van der Waals surface area contributed by atoms with Gasteiger partial charge >= 0.3 is 42.3 Å². The van der Waals surface area contributed by atoms with Crippen LogP contribution in [0.25, 0.3) is 0 Å². The van der Waals surface area contributed by atoms with E-state index in [2.05, 4.69) is 27.2 Å². The lowest BCUT2D eigenvalue weighted by Gasteiger charge is -2.32. The fourth-order valence-corrected chi connectivity index (χ4v) is 4.19. The summed E-state index contributed by atoms with van der Waals surface area (Å²) < 4.78 is 37.4. The predicted molar refractivity (Wildman–Crippen MR) is 218 cm³/mol. The zero-order valence-electron chi connectivity index (χ0n) is 37.2. The molecule has 0 atom stereocenters. The van der Waals surface area contributed by atoms with Crippen LogP contribution in [0.4, 0.5) is 19.2 Å². The minimum atomic E-state index is -1.91. The Balaban J connectivity index is 6.24. The van der Waals surface area contributed by atoms with Gasteiger partial charge in [-0.25, -0.2) is 19.2 Å². The molecule has 0 aromatic rings. The first-order chi connectivity index (χ1) is 28.0. The van der Waals surface area contributed by atoms with Crippen molar-refractivity contribution in [1.29, 1.82) is 0 Å². The average Bonchev–Trinajstić information content (AvgIpc) is 3.17. The fourth-order valence-electron chi connectivity index (χ4n) is 4.19. The van der Waals surface area contributed by atoms with Gasteiger partial charge in [-0.3, -0.25) is 14.4 Å². The first-order valence-electron chi connectivity index (χ1n) is 19.1. The Morgan fingerprint density at radius 3 is 0.850 bits per heavy atom. The van der Waals surface area contributed by atoms with Gasteiger partial charge in [0, 0.05) is 52.4 Å². The topological polar surface area (TPSA) is 245 Å². The van der Waals surface area contributed by atoms with Crippen molar-refractivity contribution in [1.82, 2.24) is 40.9 Å². The Kier molecular flexibility index (Phi) is 26.0. The van der Waals surface area contributed by atoms with E-state index in [1.165, 1.54) is 20.8 Å². The number of likely N-dealkylation sites (N-methyl/N-ethyl adjacent to an activating group) is 4. The average molecular weight is 861 g/mol. The van der Waals surface area contributed by atoms with Crippen LogP contribution in [0.1, 0.15) is 20.8 Å². The van der Waals surface area contributed by atoms with E-state index in [-0.39, 0.29) is 26.2 Å². The van der Waals surface area contributed by atoms with Gasteiger partial charge in [-0.1, -0.05) is 5.92 Å². The second-order valence-corrected chi connectivity index (χ2v) is 15.8. The van der Waals surface area contributed by atoms with Gasteiger partial charge in [0.25, 0.3) is 0 Å². The van der Waals surface area contributed by atoms with E-state index < -0.39 is 105 Å². The number of hydrogen-bond donors (Lipinski definition) is 4. The molecule has 0 aromatic heterocycles. The number of hydrogen-bond acceptors (Lipinski definition) is 18. The molecule has 0 aliphatic rings. The molecule has 0 unspecified atom stereocenters. The Hall–Kier alpha value is -5.11. The van der Waals surface area contributed by atoms with Crippen molar-refractivity contribution in [2.45, 2.75) is 20.8 Å². The maximum atomic E-state index is 13.7. The molecule has 0 saturated heterocycles. The zero-order valence-corrected chi connectivity index (χ0v) is 37.2. The first-order valence-corrected chi connectivity index (χ1v) is 19.1. The van der Waals surface area contributed by atoms with Crippen molar-refractivity contribution in [3.05, 3.63) is 0 Å². The van der Waals surface area contributed by atoms with Crippen molar-refractivity contribution in [3.8, 4) is 12.3 Å². The SMILES string of the molecule is C#CCOC(=O)C(C)(COC(=O)C(C)(COC(=O)NCCN(C)C)COC(=O)NCCN(C)C)COC(=O)C(C)(COC(=O)NCCN(C)C)COC(=O)NCCN(C)C. The number of amides is 4. The molecule has 0 heterocycles. The van der Waals surface area contributed by atoms with E-state index in [0.717, 1.165) is 0 Å². The normalized spacial score (nSPS) is 11.6. The summed E-state index contributed by atoms with van der Waals surface area (Å²) in [7, 11) is 14.5. The molecule has 22 nitrogen and oxygen atoms in total. The smallest absolute Gasteiger partial charge is 0.407 e. The lowest BCUT2D eigenvalue weighted by atomic mass is 9.90.